The summed E-state index contributed by atoms with van der Waals surface area (Å²) < 4.78 is 10.7. The van der Waals surface area contributed by atoms with Gasteiger partial charge in [0.2, 0.25) is 5.82 Å². The molecule has 2 heterocycles. The van der Waals surface area contributed by atoms with E-state index in [4.69, 9.17) is 9.47 Å². The Hall–Kier alpha value is -1.93. The summed E-state index contributed by atoms with van der Waals surface area (Å²) in [6, 6.07) is 3.04. The maximum Gasteiger partial charge on any atom is 0.311 e. The summed E-state index contributed by atoms with van der Waals surface area (Å²) in [4.78, 5) is 16.8. The van der Waals surface area contributed by atoms with E-state index < -0.39 is 4.92 Å². The maximum absolute atomic E-state index is 11.1. The molecule has 2 rings (SSSR count). The van der Waals surface area contributed by atoms with Crippen LogP contribution in [0.5, 0.6) is 0 Å². The van der Waals surface area contributed by atoms with Gasteiger partial charge in [0.1, 0.15) is 18.0 Å². The van der Waals surface area contributed by atoms with Crippen LogP contribution in [0.2, 0.25) is 0 Å². The first kappa shape index (κ1) is 14.5. The molecule has 2 unspecified atom stereocenters. The topological polar surface area (TPSA) is 89.8 Å². The first-order valence-electron chi connectivity index (χ1n) is 6.24. The van der Waals surface area contributed by atoms with E-state index in [1.54, 1.807) is 27.3 Å². The minimum atomic E-state index is -0.427. The molecule has 0 spiro atoms. The number of ether oxygens (including phenoxy) is 2. The summed E-state index contributed by atoms with van der Waals surface area (Å²) in [6.07, 6.45) is -0.251. The molecule has 1 fully saturated rings. The number of aromatic nitrogens is 1. The molecule has 8 heteroatoms. The lowest BCUT2D eigenvalue weighted by Crippen LogP contribution is -2.27. The minimum Gasteiger partial charge on any atom is -0.377 e. The van der Waals surface area contributed by atoms with E-state index in [-0.39, 0.29) is 17.9 Å². The van der Waals surface area contributed by atoms with Crippen LogP contribution in [-0.4, -0.2) is 56.5 Å². The molecule has 2 atom stereocenters. The number of hydrogen-bond donors (Lipinski definition) is 1. The quantitative estimate of drug-likeness (QED) is 0.633. The van der Waals surface area contributed by atoms with Crippen molar-refractivity contribution in [2.75, 3.05) is 44.6 Å². The van der Waals surface area contributed by atoms with Crippen LogP contribution in [0.3, 0.4) is 0 Å². The third-order valence-corrected chi connectivity index (χ3v) is 3.43. The Balaban J connectivity index is 2.34. The lowest BCUT2D eigenvalue weighted by atomic mass is 10.3. The normalized spacial score (nSPS) is 22.1. The van der Waals surface area contributed by atoms with Gasteiger partial charge in [-0.2, -0.15) is 0 Å². The van der Waals surface area contributed by atoms with E-state index in [0.29, 0.717) is 24.7 Å². The number of nitrogens with one attached hydrogen (secondary N) is 1. The van der Waals surface area contributed by atoms with Gasteiger partial charge in [-0.25, -0.2) is 4.98 Å². The number of nitro groups is 1. The number of hydrogen-bond acceptors (Lipinski definition) is 7. The molecule has 1 aromatic heterocycles. The SMILES string of the molecule is CNc1ccc([N+](=O)[O-])c(N2CC(OC)C(OC)C2)n1. The van der Waals surface area contributed by atoms with Crippen LogP contribution in [0.25, 0.3) is 0 Å². The third kappa shape index (κ3) is 2.66. The van der Waals surface area contributed by atoms with Crippen LogP contribution < -0.4 is 10.2 Å². The largest absolute Gasteiger partial charge is 0.377 e. The summed E-state index contributed by atoms with van der Waals surface area (Å²) in [6.45, 7) is 1.02. The molecule has 1 saturated heterocycles. The zero-order valence-electron chi connectivity index (χ0n) is 11.7. The van der Waals surface area contributed by atoms with Gasteiger partial charge in [-0.3, -0.25) is 10.1 Å². The van der Waals surface area contributed by atoms with E-state index in [1.807, 2.05) is 4.90 Å². The van der Waals surface area contributed by atoms with Crippen molar-refractivity contribution in [2.24, 2.45) is 0 Å². The molecular weight excluding hydrogens is 264 g/mol. The molecule has 0 aromatic carbocycles. The number of rotatable bonds is 5. The highest BCUT2D eigenvalue weighted by atomic mass is 16.6. The van der Waals surface area contributed by atoms with Gasteiger partial charge < -0.3 is 19.7 Å². The van der Waals surface area contributed by atoms with Crippen molar-refractivity contribution in [3.8, 4) is 0 Å². The Morgan fingerprint density at radius 2 is 1.95 bits per heavy atom. The van der Waals surface area contributed by atoms with Crippen LogP contribution in [0.4, 0.5) is 17.3 Å². The van der Waals surface area contributed by atoms with Crippen LogP contribution in [0.1, 0.15) is 0 Å². The Kier molecular flexibility index (Phi) is 4.35. The molecule has 20 heavy (non-hydrogen) atoms. The fourth-order valence-corrected chi connectivity index (χ4v) is 2.33. The predicted octanol–water partition coefficient (Wildman–Crippen LogP) is 0.881. The zero-order chi connectivity index (χ0) is 14.7. The second-order valence-corrected chi connectivity index (χ2v) is 4.50. The molecular formula is C12H18N4O4. The van der Waals surface area contributed by atoms with Crippen molar-refractivity contribution in [2.45, 2.75) is 12.2 Å². The summed E-state index contributed by atoms with van der Waals surface area (Å²) in [5.74, 6) is 0.920. The van der Waals surface area contributed by atoms with Crippen molar-refractivity contribution in [3.63, 3.8) is 0 Å². The highest BCUT2D eigenvalue weighted by Crippen LogP contribution is 2.31. The maximum atomic E-state index is 11.1. The number of pyridine rings is 1. The standard InChI is InChI=1S/C12H18N4O4/c1-13-11-5-4-8(16(17)18)12(14-11)15-6-9(19-2)10(7-15)20-3/h4-5,9-10H,6-7H2,1-3H3,(H,13,14). The average Bonchev–Trinajstić information content (AvgIpc) is 2.89. The fraction of sp³-hybridized carbons (Fsp3) is 0.583. The highest BCUT2D eigenvalue weighted by molar-refractivity contribution is 5.62. The monoisotopic (exact) mass is 282 g/mol. The van der Waals surface area contributed by atoms with E-state index in [9.17, 15) is 10.1 Å². The summed E-state index contributed by atoms with van der Waals surface area (Å²) in [5.41, 5.74) is -0.0180. The Morgan fingerprint density at radius 1 is 1.35 bits per heavy atom. The molecule has 0 bridgehead atoms. The van der Waals surface area contributed by atoms with E-state index in [1.165, 1.54) is 6.07 Å². The van der Waals surface area contributed by atoms with Gasteiger partial charge >= 0.3 is 5.69 Å². The summed E-state index contributed by atoms with van der Waals surface area (Å²) in [5, 5.41) is 14.0. The van der Waals surface area contributed by atoms with Crippen LogP contribution in [0.15, 0.2) is 12.1 Å². The lowest BCUT2D eigenvalue weighted by molar-refractivity contribution is -0.384. The van der Waals surface area contributed by atoms with Gasteiger partial charge in [0, 0.05) is 40.4 Å². The molecule has 1 N–H and O–H groups in total. The Bertz CT molecular complexity index is 484. The molecule has 0 radical (unpaired) electrons. The van der Waals surface area contributed by atoms with Gasteiger partial charge in [0.05, 0.1) is 4.92 Å². The zero-order valence-corrected chi connectivity index (χ0v) is 11.7. The van der Waals surface area contributed by atoms with Gasteiger partial charge in [0.25, 0.3) is 0 Å². The number of methoxy groups -OCH3 is 2. The number of nitrogens with zero attached hydrogens (tertiary/aromatic N) is 3. The van der Waals surface area contributed by atoms with Crippen molar-refractivity contribution < 1.29 is 14.4 Å². The number of anilines is 2. The van der Waals surface area contributed by atoms with Gasteiger partial charge in [-0.05, 0) is 6.07 Å². The van der Waals surface area contributed by atoms with Gasteiger partial charge in [-0.1, -0.05) is 0 Å². The van der Waals surface area contributed by atoms with Gasteiger partial charge in [0.15, 0.2) is 0 Å². The predicted molar refractivity (Wildman–Crippen MR) is 74.2 cm³/mol. The minimum absolute atomic E-state index is 0.0180. The molecule has 110 valence electrons. The van der Waals surface area contributed by atoms with Crippen LogP contribution >= 0.6 is 0 Å². The average molecular weight is 282 g/mol. The molecule has 0 saturated carbocycles. The van der Waals surface area contributed by atoms with E-state index in [0.717, 1.165) is 0 Å². The second-order valence-electron chi connectivity index (χ2n) is 4.50. The molecule has 1 aliphatic heterocycles. The summed E-state index contributed by atoms with van der Waals surface area (Å²) in [7, 11) is 4.93. The molecule has 1 aliphatic rings. The molecule has 0 aliphatic carbocycles. The van der Waals surface area contributed by atoms with Crippen LogP contribution in [0, 0.1) is 10.1 Å². The third-order valence-electron chi connectivity index (χ3n) is 3.43. The van der Waals surface area contributed by atoms with Gasteiger partial charge in [-0.15, -0.1) is 0 Å². The van der Waals surface area contributed by atoms with Crippen molar-refractivity contribution >= 4 is 17.3 Å². The van der Waals surface area contributed by atoms with E-state index >= 15 is 0 Å². The molecule has 1 aromatic rings. The highest BCUT2D eigenvalue weighted by Gasteiger charge is 2.36. The molecule has 0 amide bonds. The van der Waals surface area contributed by atoms with Crippen LogP contribution in [-0.2, 0) is 9.47 Å². The lowest BCUT2D eigenvalue weighted by Gasteiger charge is -2.17. The smallest absolute Gasteiger partial charge is 0.311 e. The first-order valence-corrected chi connectivity index (χ1v) is 6.24. The van der Waals surface area contributed by atoms with E-state index in [2.05, 4.69) is 10.3 Å². The van der Waals surface area contributed by atoms with Crippen molar-refractivity contribution in [1.29, 1.82) is 0 Å². The Morgan fingerprint density at radius 3 is 2.40 bits per heavy atom. The Labute approximate surface area is 116 Å². The first-order chi connectivity index (χ1) is 9.60. The summed E-state index contributed by atoms with van der Waals surface area (Å²) >= 11 is 0. The van der Waals surface area contributed by atoms with Crippen molar-refractivity contribution in [3.05, 3.63) is 22.2 Å². The second kappa shape index (κ2) is 6.02. The molecule has 8 nitrogen and oxygen atoms in total. The van der Waals surface area contributed by atoms with Crippen molar-refractivity contribution in [1.82, 2.24) is 4.98 Å². The fourth-order valence-electron chi connectivity index (χ4n) is 2.33.